The van der Waals surface area contributed by atoms with E-state index < -0.39 is 109 Å². The van der Waals surface area contributed by atoms with Crippen molar-refractivity contribution in [3.8, 4) is 0 Å². The Morgan fingerprint density at radius 2 is 1.14 bits per heavy atom. The zero-order valence-corrected chi connectivity index (χ0v) is 46.0. The number of carbonyl (C=O) groups excluding carboxylic acids is 1. The van der Waals surface area contributed by atoms with Crippen molar-refractivity contribution in [3.05, 3.63) is 0 Å². The molecule has 0 aliphatic carbocycles. The lowest BCUT2D eigenvalue weighted by atomic mass is 9.67. The van der Waals surface area contributed by atoms with Crippen molar-refractivity contribution >= 4 is 5.97 Å². The Morgan fingerprint density at radius 3 is 1.68 bits per heavy atom. The van der Waals surface area contributed by atoms with Gasteiger partial charge in [-0.1, -0.05) is 20.8 Å². The van der Waals surface area contributed by atoms with Gasteiger partial charge in [-0.15, -0.1) is 0 Å². The summed E-state index contributed by atoms with van der Waals surface area (Å²) in [5.74, 6) is -2.30. The molecule has 0 aromatic rings. The maximum Gasteiger partial charge on any atom is 0.308 e. The minimum Gasteiger partial charge on any atom is -0.465 e. The third-order valence-corrected chi connectivity index (χ3v) is 14.5. The highest BCUT2D eigenvalue weighted by molar-refractivity contribution is 5.69. The molecule has 2 aliphatic rings. The number of esters is 1. The van der Waals surface area contributed by atoms with Gasteiger partial charge in [-0.25, -0.2) is 63.9 Å². The quantitative estimate of drug-likeness (QED) is 0.0135. The summed E-state index contributed by atoms with van der Waals surface area (Å²) >= 11 is 0. The maximum absolute atomic E-state index is 12.4. The highest BCUT2D eigenvalue weighted by atomic mass is 17.4. The summed E-state index contributed by atoms with van der Waals surface area (Å²) in [7, 11) is 0. The molecular formula is C49H94O28. The van der Waals surface area contributed by atoms with Crippen LogP contribution in [0.4, 0.5) is 0 Å². The van der Waals surface area contributed by atoms with Crippen LogP contribution >= 0.6 is 0 Å². The largest absolute Gasteiger partial charge is 0.465 e. The normalized spacial score (nSPS) is 23.5. The number of aliphatic hydroxyl groups is 10. The third kappa shape index (κ3) is 24.0. The number of carbonyl (C=O) groups is 1. The highest BCUT2D eigenvalue weighted by Crippen LogP contribution is 2.50. The number of aliphatic hydroxyl groups excluding tert-OH is 10. The van der Waals surface area contributed by atoms with E-state index in [2.05, 4.69) is 9.78 Å². The van der Waals surface area contributed by atoms with Crippen LogP contribution in [0.3, 0.4) is 0 Å². The molecule has 0 saturated carbocycles. The van der Waals surface area contributed by atoms with E-state index >= 15 is 0 Å². The fourth-order valence-electron chi connectivity index (χ4n) is 8.52. The van der Waals surface area contributed by atoms with Crippen molar-refractivity contribution in [3.63, 3.8) is 0 Å². The average molecular weight is 1130 g/mol. The molecule has 2 fully saturated rings. The molecule has 28 heteroatoms. The second-order valence-electron chi connectivity index (χ2n) is 22.1. The summed E-state index contributed by atoms with van der Waals surface area (Å²) in [6.07, 6.45) is 0.633. The molecule has 5 unspecified atom stereocenters. The Balaban J connectivity index is 2.47. The molecule has 11 N–H and O–H groups in total. The van der Waals surface area contributed by atoms with E-state index in [1.165, 1.54) is 13.8 Å². The molecule has 2 rings (SSSR count). The lowest BCUT2D eigenvalue weighted by Gasteiger charge is -2.57. The van der Waals surface area contributed by atoms with E-state index in [1.54, 1.807) is 13.8 Å². The van der Waals surface area contributed by atoms with E-state index in [-0.39, 0.29) is 105 Å². The molecule has 28 nitrogen and oxygen atoms in total. The van der Waals surface area contributed by atoms with Gasteiger partial charge in [0, 0.05) is 38.3 Å². The van der Waals surface area contributed by atoms with Crippen LogP contribution in [0.1, 0.15) is 138 Å². The lowest BCUT2D eigenvalue weighted by Crippen LogP contribution is -2.79. The molecular weight excluding hydrogens is 1040 g/mol. The molecule has 77 heavy (non-hydrogen) atoms. The Morgan fingerprint density at radius 1 is 0.532 bits per heavy atom. The molecule has 0 amide bonds. The number of ether oxygens (including phenoxy) is 1. The molecule has 11 atom stereocenters. The van der Waals surface area contributed by atoms with Gasteiger partial charge in [-0.2, -0.15) is 14.7 Å². The molecule has 0 radical (unpaired) electrons. The summed E-state index contributed by atoms with van der Waals surface area (Å²) < 4.78 is 5.46. The zero-order chi connectivity index (χ0) is 57.5. The first kappa shape index (κ1) is 71.5. The highest BCUT2D eigenvalue weighted by Gasteiger charge is 2.73. The van der Waals surface area contributed by atoms with Gasteiger partial charge in [0.05, 0.1) is 72.5 Å². The molecule has 2 saturated heterocycles. The van der Waals surface area contributed by atoms with Crippen molar-refractivity contribution in [2.24, 2.45) is 21.7 Å². The van der Waals surface area contributed by atoms with Gasteiger partial charge in [-0.3, -0.25) is 4.79 Å². The standard InChI is InChI=1S/C49H94O28/c1-42(30-54,18-24-53)12-9-25-63-67-36-43(2,11-7-21-50)14-16-48(17-15-44(3,31-55)35-62-39(60)10-23-52,19-26-64-74-46(5,33-57)28-40(69-61)71-68-37-59)20-27-65-75-47(6,34-58)41-49(77-72-41)38(70-76-49)29-66-73-45(4,32-56)13-8-22-51/h38,40-41,50-59,61H,7-37H2,1-6H3/t38?,40?,41?,42-,43+,44+,45+,46+,47-,48?,49?/m1/s1. The van der Waals surface area contributed by atoms with Gasteiger partial charge in [0.1, 0.15) is 17.8 Å². The van der Waals surface area contributed by atoms with Crippen molar-refractivity contribution in [2.75, 3.05) is 106 Å². The number of hydrogen-bond acceptors (Lipinski definition) is 28. The Labute approximate surface area is 450 Å². The van der Waals surface area contributed by atoms with E-state index in [0.29, 0.717) is 57.8 Å². The third-order valence-electron chi connectivity index (χ3n) is 14.5. The van der Waals surface area contributed by atoms with Gasteiger partial charge < -0.3 is 55.8 Å². The van der Waals surface area contributed by atoms with Gasteiger partial charge in [0.25, 0.3) is 5.79 Å². The van der Waals surface area contributed by atoms with E-state index in [1.807, 2.05) is 13.8 Å². The summed E-state index contributed by atoms with van der Waals surface area (Å²) in [4.78, 5) is 92.9. The first-order valence-corrected chi connectivity index (χ1v) is 26.3. The fourth-order valence-corrected chi connectivity index (χ4v) is 8.52. The average Bonchev–Trinajstić information content (AvgIpc) is 3.41. The van der Waals surface area contributed by atoms with Gasteiger partial charge in [0.2, 0.25) is 6.29 Å². The molecule has 0 aromatic heterocycles. The van der Waals surface area contributed by atoms with Gasteiger partial charge in [0.15, 0.2) is 24.6 Å². The van der Waals surface area contributed by atoms with E-state index in [4.69, 9.17) is 73.4 Å². The Bertz CT molecular complexity index is 1560. The Kier molecular flexibility index (Phi) is 33.5. The van der Waals surface area contributed by atoms with Crippen LogP contribution in [-0.2, 0) is 82.8 Å². The van der Waals surface area contributed by atoms with Crippen LogP contribution < -0.4 is 0 Å². The van der Waals surface area contributed by atoms with Crippen LogP contribution in [0.2, 0.25) is 0 Å². The SMILES string of the molecule is C[C@](CO)(CCO)CCCOOC[C@@](C)(CCCO)CCC(CCOO[C@](C)(CO)CC(OO)OOCO)(CCOO[C@](C)(CO)C1OOC12OOC2COO[C@](C)(CO)CCCO)CC[C@@](C)(CO)COC(=O)CCO. The predicted octanol–water partition coefficient (Wildman–Crippen LogP) is 1.46. The predicted molar refractivity (Wildman–Crippen MR) is 260 cm³/mol. The van der Waals surface area contributed by atoms with Crippen LogP contribution in [0.15, 0.2) is 0 Å². The van der Waals surface area contributed by atoms with Crippen LogP contribution in [0.25, 0.3) is 0 Å². The smallest absolute Gasteiger partial charge is 0.308 e. The summed E-state index contributed by atoms with van der Waals surface area (Å²) in [6, 6.07) is 0. The monoisotopic (exact) mass is 1130 g/mol. The molecule has 2 aliphatic heterocycles. The lowest BCUT2D eigenvalue weighted by molar-refractivity contribution is -0.726. The van der Waals surface area contributed by atoms with E-state index in [0.717, 1.165) is 0 Å². The summed E-state index contributed by atoms with van der Waals surface area (Å²) in [5, 5.41) is 108. The number of rotatable bonds is 51. The number of hydrogen-bond donors (Lipinski definition) is 11. The van der Waals surface area contributed by atoms with E-state index in [9.17, 15) is 56.0 Å². The van der Waals surface area contributed by atoms with Crippen molar-refractivity contribution < 1.29 is 139 Å². The first-order chi connectivity index (χ1) is 36.6. The zero-order valence-electron chi connectivity index (χ0n) is 46.0. The van der Waals surface area contributed by atoms with Crippen molar-refractivity contribution in [1.82, 2.24) is 0 Å². The summed E-state index contributed by atoms with van der Waals surface area (Å²) in [5.41, 5.74) is -7.29. The van der Waals surface area contributed by atoms with Crippen molar-refractivity contribution in [2.45, 2.75) is 179 Å². The van der Waals surface area contributed by atoms with Crippen LogP contribution in [0.5, 0.6) is 0 Å². The minimum absolute atomic E-state index is 0.0669. The van der Waals surface area contributed by atoms with Gasteiger partial charge in [-0.05, 0) is 120 Å². The molecule has 0 aromatic carbocycles. The summed E-state index contributed by atoms with van der Waals surface area (Å²) in [6.45, 7) is 5.86. The first-order valence-electron chi connectivity index (χ1n) is 26.3. The molecule has 458 valence electrons. The van der Waals surface area contributed by atoms with Crippen LogP contribution in [-0.4, -0.2) is 209 Å². The maximum atomic E-state index is 12.4. The molecule has 1 spiro atoms. The van der Waals surface area contributed by atoms with Crippen LogP contribution in [0, 0.1) is 21.7 Å². The Hall–Kier alpha value is -1.57. The molecule has 0 bridgehead atoms. The topological polar surface area (TPSA) is 387 Å². The van der Waals surface area contributed by atoms with Crippen molar-refractivity contribution in [1.29, 1.82) is 0 Å². The fraction of sp³-hybridized carbons (Fsp3) is 0.980. The molecule has 2 heterocycles. The minimum atomic E-state index is -1.66. The second kappa shape index (κ2) is 36.1. The second-order valence-corrected chi connectivity index (χ2v) is 22.1. The van der Waals surface area contributed by atoms with Gasteiger partial charge >= 0.3 is 5.97 Å².